The van der Waals surface area contributed by atoms with Crippen molar-refractivity contribution in [3.05, 3.63) is 29.8 Å². The predicted octanol–water partition coefficient (Wildman–Crippen LogP) is 2.29. The maximum Gasteiger partial charge on any atom is 0.223 e. The molecule has 2 rings (SSSR count). The van der Waals surface area contributed by atoms with E-state index in [1.54, 1.807) is 0 Å². The van der Waals surface area contributed by atoms with Crippen molar-refractivity contribution in [2.45, 2.75) is 32.7 Å². The monoisotopic (exact) mass is 233 g/mol. The second-order valence-corrected chi connectivity index (χ2v) is 4.76. The molecule has 17 heavy (non-hydrogen) atoms. The highest BCUT2D eigenvalue weighted by molar-refractivity contribution is 5.81. The van der Waals surface area contributed by atoms with Crippen molar-refractivity contribution in [3.8, 4) is 5.75 Å². The van der Waals surface area contributed by atoms with Crippen molar-refractivity contribution in [1.29, 1.82) is 0 Å². The number of hydrogen-bond donors (Lipinski definition) is 1. The van der Waals surface area contributed by atoms with Crippen molar-refractivity contribution in [1.82, 2.24) is 5.32 Å². The van der Waals surface area contributed by atoms with E-state index in [2.05, 4.69) is 5.32 Å². The van der Waals surface area contributed by atoms with Gasteiger partial charge < -0.3 is 10.1 Å². The summed E-state index contributed by atoms with van der Waals surface area (Å²) in [5.41, 5.74) is 1.12. The minimum absolute atomic E-state index is 0.0581. The zero-order valence-corrected chi connectivity index (χ0v) is 10.4. The molecule has 1 N–H and O–H groups in total. The molecule has 0 heterocycles. The smallest absolute Gasteiger partial charge is 0.223 e. The van der Waals surface area contributed by atoms with Gasteiger partial charge in [-0.25, -0.2) is 0 Å². The predicted molar refractivity (Wildman–Crippen MR) is 67.0 cm³/mol. The average molecular weight is 233 g/mol. The Bertz CT molecular complexity index is 399. The molecule has 1 aliphatic carbocycles. The highest BCUT2D eigenvalue weighted by Gasteiger charge is 2.30. The van der Waals surface area contributed by atoms with E-state index in [0.29, 0.717) is 6.61 Å². The lowest BCUT2D eigenvalue weighted by molar-refractivity contribution is -0.123. The van der Waals surface area contributed by atoms with Gasteiger partial charge in [0.1, 0.15) is 12.4 Å². The minimum Gasteiger partial charge on any atom is -0.491 e. The Morgan fingerprint density at radius 3 is 2.82 bits per heavy atom. The van der Waals surface area contributed by atoms with Gasteiger partial charge in [0.05, 0.1) is 6.04 Å². The van der Waals surface area contributed by atoms with Crippen LogP contribution in [0.5, 0.6) is 5.75 Å². The van der Waals surface area contributed by atoms with Gasteiger partial charge in [0.2, 0.25) is 5.91 Å². The number of aryl methyl sites for hydroxylation is 1. The quantitative estimate of drug-likeness (QED) is 0.847. The molecule has 0 radical (unpaired) electrons. The van der Waals surface area contributed by atoms with Gasteiger partial charge in [-0.3, -0.25) is 4.79 Å². The number of hydrogen-bond acceptors (Lipinski definition) is 2. The van der Waals surface area contributed by atoms with Crippen LogP contribution in [-0.2, 0) is 4.79 Å². The van der Waals surface area contributed by atoms with Crippen LogP contribution in [0, 0.1) is 12.8 Å². The number of rotatable bonds is 5. The maximum atomic E-state index is 11.5. The molecule has 1 aliphatic rings. The molecule has 3 nitrogen and oxygen atoms in total. The standard InChI is InChI=1S/C14H19NO2/c1-10-5-3-4-6-13(10)17-9-11(2)15-14(16)12-7-8-12/h3-6,11-12H,7-9H2,1-2H3,(H,15,16). The number of benzene rings is 1. The molecule has 1 amide bonds. The molecule has 3 heteroatoms. The second-order valence-electron chi connectivity index (χ2n) is 4.76. The molecule has 1 aromatic carbocycles. The normalized spacial score (nSPS) is 16.4. The van der Waals surface area contributed by atoms with Crippen molar-refractivity contribution < 1.29 is 9.53 Å². The molecule has 1 saturated carbocycles. The van der Waals surface area contributed by atoms with Gasteiger partial charge in [0, 0.05) is 5.92 Å². The topological polar surface area (TPSA) is 38.3 Å². The molecule has 1 unspecified atom stereocenters. The van der Waals surface area contributed by atoms with Gasteiger partial charge in [0.25, 0.3) is 0 Å². The van der Waals surface area contributed by atoms with Crippen molar-refractivity contribution in [3.63, 3.8) is 0 Å². The fourth-order valence-electron chi connectivity index (χ4n) is 1.68. The number of para-hydroxylation sites is 1. The molecule has 0 aromatic heterocycles. The van der Waals surface area contributed by atoms with Crippen LogP contribution in [0.2, 0.25) is 0 Å². The Balaban J connectivity index is 1.77. The molecule has 0 bridgehead atoms. The highest BCUT2D eigenvalue weighted by Crippen LogP contribution is 2.28. The summed E-state index contributed by atoms with van der Waals surface area (Å²) < 4.78 is 5.68. The highest BCUT2D eigenvalue weighted by atomic mass is 16.5. The van der Waals surface area contributed by atoms with Crippen LogP contribution in [-0.4, -0.2) is 18.6 Å². The van der Waals surface area contributed by atoms with Crippen LogP contribution in [0.3, 0.4) is 0 Å². The van der Waals surface area contributed by atoms with Crippen LogP contribution in [0.4, 0.5) is 0 Å². The summed E-state index contributed by atoms with van der Waals surface area (Å²) in [5.74, 6) is 1.32. The lowest BCUT2D eigenvalue weighted by Gasteiger charge is -2.15. The average Bonchev–Trinajstić information content (AvgIpc) is 3.11. The lowest BCUT2D eigenvalue weighted by Crippen LogP contribution is -2.37. The summed E-state index contributed by atoms with van der Waals surface area (Å²) in [6.45, 7) is 4.50. The molecule has 0 saturated heterocycles. The van der Waals surface area contributed by atoms with E-state index in [1.165, 1.54) is 0 Å². The van der Waals surface area contributed by atoms with E-state index in [0.717, 1.165) is 24.2 Å². The van der Waals surface area contributed by atoms with Gasteiger partial charge in [-0.15, -0.1) is 0 Å². The Hall–Kier alpha value is -1.51. The summed E-state index contributed by atoms with van der Waals surface area (Å²) >= 11 is 0. The number of carbonyl (C=O) groups is 1. The Morgan fingerprint density at radius 1 is 1.47 bits per heavy atom. The van der Waals surface area contributed by atoms with Gasteiger partial charge in [-0.05, 0) is 38.3 Å². The molecule has 0 spiro atoms. The van der Waals surface area contributed by atoms with E-state index in [-0.39, 0.29) is 17.9 Å². The van der Waals surface area contributed by atoms with E-state index < -0.39 is 0 Å². The van der Waals surface area contributed by atoms with Crippen LogP contribution >= 0.6 is 0 Å². The first kappa shape index (κ1) is 12.0. The van der Waals surface area contributed by atoms with Crippen molar-refractivity contribution in [2.75, 3.05) is 6.61 Å². The fraction of sp³-hybridized carbons (Fsp3) is 0.500. The minimum atomic E-state index is 0.0581. The number of amides is 1. The summed E-state index contributed by atoms with van der Waals surface area (Å²) in [6.07, 6.45) is 2.08. The third kappa shape index (κ3) is 3.48. The zero-order valence-electron chi connectivity index (χ0n) is 10.4. The van der Waals surface area contributed by atoms with Gasteiger partial charge in [0.15, 0.2) is 0 Å². The second kappa shape index (κ2) is 5.21. The summed E-state index contributed by atoms with van der Waals surface area (Å²) in [7, 11) is 0. The van der Waals surface area contributed by atoms with E-state index in [4.69, 9.17) is 4.74 Å². The number of ether oxygens (including phenoxy) is 1. The van der Waals surface area contributed by atoms with Crippen LogP contribution in [0.1, 0.15) is 25.3 Å². The van der Waals surface area contributed by atoms with Crippen LogP contribution < -0.4 is 10.1 Å². The third-order valence-corrected chi connectivity index (χ3v) is 2.92. The molecule has 0 aliphatic heterocycles. The number of carbonyl (C=O) groups excluding carboxylic acids is 1. The Kier molecular flexibility index (Phi) is 3.67. The lowest BCUT2D eigenvalue weighted by atomic mass is 10.2. The van der Waals surface area contributed by atoms with E-state index in [9.17, 15) is 4.79 Å². The molecular weight excluding hydrogens is 214 g/mol. The number of nitrogens with one attached hydrogen (secondary N) is 1. The molecule has 92 valence electrons. The molecule has 1 aromatic rings. The third-order valence-electron chi connectivity index (χ3n) is 2.92. The Morgan fingerprint density at radius 2 is 2.18 bits per heavy atom. The first-order valence-electron chi connectivity index (χ1n) is 6.15. The van der Waals surface area contributed by atoms with Gasteiger partial charge in [-0.2, -0.15) is 0 Å². The van der Waals surface area contributed by atoms with Gasteiger partial charge in [-0.1, -0.05) is 18.2 Å². The Labute approximate surface area is 102 Å². The first-order chi connectivity index (χ1) is 8.16. The van der Waals surface area contributed by atoms with Crippen LogP contribution in [0.15, 0.2) is 24.3 Å². The van der Waals surface area contributed by atoms with Crippen molar-refractivity contribution >= 4 is 5.91 Å². The van der Waals surface area contributed by atoms with Crippen LogP contribution in [0.25, 0.3) is 0 Å². The summed E-state index contributed by atoms with van der Waals surface area (Å²) in [6, 6.07) is 7.96. The molecule has 1 atom stereocenters. The molecular formula is C14H19NO2. The van der Waals surface area contributed by atoms with Crippen molar-refractivity contribution in [2.24, 2.45) is 5.92 Å². The summed E-state index contributed by atoms with van der Waals surface area (Å²) in [4.78, 5) is 11.5. The maximum absolute atomic E-state index is 11.5. The summed E-state index contributed by atoms with van der Waals surface area (Å²) in [5, 5.41) is 2.97. The van der Waals surface area contributed by atoms with Gasteiger partial charge >= 0.3 is 0 Å². The largest absolute Gasteiger partial charge is 0.491 e. The fourth-order valence-corrected chi connectivity index (χ4v) is 1.68. The zero-order chi connectivity index (χ0) is 12.3. The SMILES string of the molecule is Cc1ccccc1OCC(C)NC(=O)C1CC1. The van der Waals surface area contributed by atoms with E-state index in [1.807, 2.05) is 38.1 Å². The molecule has 1 fully saturated rings. The first-order valence-corrected chi connectivity index (χ1v) is 6.15. The van der Waals surface area contributed by atoms with E-state index >= 15 is 0 Å².